The van der Waals surface area contributed by atoms with Crippen molar-refractivity contribution in [3.63, 3.8) is 0 Å². The van der Waals surface area contributed by atoms with E-state index in [2.05, 4.69) is 262 Å². The molecule has 6 unspecified atom stereocenters. The van der Waals surface area contributed by atoms with Crippen LogP contribution in [0.5, 0.6) is 0 Å². The van der Waals surface area contributed by atoms with Gasteiger partial charge < -0.3 is 4.57 Å². The van der Waals surface area contributed by atoms with E-state index in [4.69, 9.17) is 0 Å². The fourth-order valence-corrected chi connectivity index (χ4v) is 15.2. The summed E-state index contributed by atoms with van der Waals surface area (Å²) in [7, 11) is 14.5. The normalized spacial score (nSPS) is 15.3. The van der Waals surface area contributed by atoms with E-state index in [1.165, 1.54) is 89.4 Å². The van der Waals surface area contributed by atoms with E-state index in [9.17, 15) is 0 Å². The number of aromatic nitrogens is 23. The standard InChI is InChI=1S/C19H18N3.C12H14N3.3C11H13N4.C10H12N5.8C2H6/c1-12-14-10-15-13-6-4-5-7-17(13)21(3)18(15)11-16(14)19-20(2)8-9-22(12)19;1-8-10-6-4-5-7-11(10)12-14(3)9(2)13-15(8)12;1-7-10-6-12-5-4-9(10)11-14(3)8(2)13-15(7)11;1-7-9-4-5-12-6-10(9)11-14(3)8(2)13-15(7)11;1-7-10-9(5-4-6-12-10)11-14(3)8(2)13-15(7)11;1-6-9-8(4-11-5-12-9)10-14(3)7(2)13-15(6)10;8*1-2/h4-12H,1-3H3;4-8H,1-3H3;3*4-7H,1-3H3;4-6H,1-3H3;8*1-2H3/q6*+1;;;;;;;;. The molecule has 11 aromatic heterocycles. The van der Waals surface area contributed by atoms with Crippen molar-refractivity contribution in [2.24, 2.45) is 49.3 Å². The summed E-state index contributed by atoms with van der Waals surface area (Å²) in [4.78, 5) is 21.2. The van der Waals surface area contributed by atoms with Gasteiger partial charge in [-0.25, -0.2) is 41.9 Å². The van der Waals surface area contributed by atoms with Crippen molar-refractivity contribution in [2.75, 3.05) is 0 Å². The minimum Gasteiger partial charge on any atom is -0.344 e. The van der Waals surface area contributed by atoms with Gasteiger partial charge in [0.1, 0.15) is 42.9 Å². The summed E-state index contributed by atoms with van der Waals surface area (Å²) in [5.41, 5.74) is 17.6. The van der Waals surface area contributed by atoms with Crippen molar-refractivity contribution in [3.8, 4) is 68.3 Å². The lowest BCUT2D eigenvalue weighted by atomic mass is 10.0. The molecule has 0 radical (unpaired) electrons. The van der Waals surface area contributed by atoms with Gasteiger partial charge >= 0.3 is 0 Å². The molecule has 0 saturated heterocycles. The molecule has 0 saturated carbocycles. The molecule has 6 atom stereocenters. The molecule has 0 spiro atoms. The summed E-state index contributed by atoms with van der Waals surface area (Å²) in [6.07, 6.45) is 17.2. The fourth-order valence-electron chi connectivity index (χ4n) is 15.2. The third-order valence-corrected chi connectivity index (χ3v) is 21.0. The van der Waals surface area contributed by atoms with E-state index in [0.717, 1.165) is 63.5 Å². The summed E-state index contributed by atoms with van der Waals surface area (Å²) in [5, 5.41) is 25.4. The molecule has 0 bridgehead atoms. The molecule has 23 heteroatoms. The Morgan fingerprint density at radius 2 is 0.726 bits per heavy atom. The summed E-state index contributed by atoms with van der Waals surface area (Å²) in [6.45, 7) is 55.2. The zero-order chi connectivity index (χ0) is 83.9. The SMILES string of the molecule is CC.CC.CC.CC.CC.CC.CC.CC.CC1c2cc3c4ccccc4n(C)c3cc2-c2n1cc[n+]2C.Cc1nn2c([n+]1C)-c1ccccc1C2C.Cc1nn2c([n+]1C)-c1cccnc1C2C.Cc1nn2c([n+]1C)-c1ccncc1C2C.Cc1nn2c([n+]1C)-c1cnccc1C2C.Cc1nn2c([n+]1C)-c1cncnc1C2C. The molecule has 14 aromatic rings. The molecule has 20 rings (SSSR count). The minimum absolute atomic E-state index is 0.206. The summed E-state index contributed by atoms with van der Waals surface area (Å²) < 4.78 is 27.8. The molecule has 0 aliphatic carbocycles. The monoisotopic (exact) mass is 1530 g/mol. The Kier molecular flexibility index (Phi) is 31.1. The zero-order valence-corrected chi connectivity index (χ0v) is 74.5. The highest BCUT2D eigenvalue weighted by Gasteiger charge is 2.42. The average molecular weight is 1540 g/mol. The van der Waals surface area contributed by atoms with E-state index in [1.807, 2.05) is 219 Å². The number of fused-ring (bicyclic) bond motifs is 21. The van der Waals surface area contributed by atoms with Crippen LogP contribution in [0.4, 0.5) is 0 Å². The predicted molar refractivity (Wildman–Crippen MR) is 456 cm³/mol. The second-order valence-corrected chi connectivity index (χ2v) is 26.4. The average Bonchev–Trinajstić information content (AvgIpc) is 1.57. The van der Waals surface area contributed by atoms with Crippen molar-refractivity contribution in [1.82, 2.24) is 83.0 Å². The lowest BCUT2D eigenvalue weighted by Crippen LogP contribution is -2.32. The largest absolute Gasteiger partial charge is 0.344 e. The van der Waals surface area contributed by atoms with Crippen LogP contribution >= 0.6 is 0 Å². The molecule has 0 amide bonds. The van der Waals surface area contributed by atoms with Crippen LogP contribution in [0, 0.1) is 34.6 Å². The van der Waals surface area contributed by atoms with Gasteiger partial charge in [0, 0.05) is 148 Å². The number of benzene rings is 3. The van der Waals surface area contributed by atoms with E-state index < -0.39 is 0 Å². The lowest BCUT2D eigenvalue weighted by Gasteiger charge is -2.04. The molecule has 6 aliphatic heterocycles. The van der Waals surface area contributed by atoms with Crippen molar-refractivity contribution in [2.45, 2.75) is 223 Å². The summed E-state index contributed by atoms with van der Waals surface area (Å²) in [6, 6.07) is 32.0. The number of nitrogens with zero attached hydrogens (tertiary/aromatic N) is 23. The van der Waals surface area contributed by atoms with Gasteiger partial charge in [-0.1, -0.05) is 157 Å². The van der Waals surface area contributed by atoms with Crippen LogP contribution in [0.2, 0.25) is 0 Å². The topological polar surface area (TPSA) is 187 Å². The predicted octanol–water partition coefficient (Wildman–Crippen LogP) is 16.8. The third kappa shape index (κ3) is 16.1. The number of hydrogen-bond donors (Lipinski definition) is 0. The Balaban J connectivity index is 0.000000182. The van der Waals surface area contributed by atoms with Crippen LogP contribution < -0.4 is 27.4 Å². The molecular formula is C90H131N23+6. The van der Waals surface area contributed by atoms with E-state index in [-0.39, 0.29) is 12.1 Å². The van der Waals surface area contributed by atoms with Crippen molar-refractivity contribution in [1.29, 1.82) is 0 Å². The molecule has 23 nitrogen and oxygen atoms in total. The number of hydrogen-bond acceptors (Lipinski definition) is 10. The Morgan fingerprint density at radius 1 is 0.319 bits per heavy atom. The van der Waals surface area contributed by atoms with Crippen LogP contribution in [0.1, 0.15) is 251 Å². The van der Waals surface area contributed by atoms with Crippen molar-refractivity contribution in [3.05, 3.63) is 204 Å². The van der Waals surface area contributed by atoms with Gasteiger partial charge in [0.25, 0.3) is 64.1 Å². The first-order valence-corrected chi connectivity index (χ1v) is 41.2. The van der Waals surface area contributed by atoms with Gasteiger partial charge in [-0.2, -0.15) is 0 Å². The fraction of sp³-hybridized carbons (Fsp3) is 0.444. The van der Waals surface area contributed by atoms with E-state index in [1.54, 1.807) is 6.33 Å². The number of rotatable bonds is 0. The summed E-state index contributed by atoms with van der Waals surface area (Å²) >= 11 is 0. The molecular weight excluding hydrogens is 1400 g/mol. The lowest BCUT2D eigenvalue weighted by molar-refractivity contribution is -0.667. The highest BCUT2D eigenvalue weighted by atomic mass is 15.4. The highest BCUT2D eigenvalue weighted by Crippen LogP contribution is 2.44. The van der Waals surface area contributed by atoms with Gasteiger partial charge in [-0.3, -0.25) is 15.0 Å². The molecule has 600 valence electrons. The van der Waals surface area contributed by atoms with Crippen LogP contribution in [0.25, 0.3) is 90.1 Å². The minimum atomic E-state index is 0.206. The Morgan fingerprint density at radius 3 is 1.27 bits per heavy atom. The Labute approximate surface area is 673 Å². The first-order valence-electron chi connectivity index (χ1n) is 41.2. The molecule has 0 fully saturated rings. The number of para-hydroxylation sites is 1. The molecule has 113 heavy (non-hydrogen) atoms. The maximum atomic E-state index is 4.57. The van der Waals surface area contributed by atoms with Gasteiger partial charge in [0.2, 0.25) is 0 Å². The second-order valence-electron chi connectivity index (χ2n) is 26.4. The first kappa shape index (κ1) is 89.1. The van der Waals surface area contributed by atoms with E-state index >= 15 is 0 Å². The van der Waals surface area contributed by atoms with Crippen LogP contribution in [-0.2, 0) is 49.3 Å². The van der Waals surface area contributed by atoms with Gasteiger partial charge in [-0.05, 0) is 90.1 Å². The highest BCUT2D eigenvalue weighted by molar-refractivity contribution is 6.09. The number of pyridine rings is 3. The summed E-state index contributed by atoms with van der Waals surface area (Å²) in [5.74, 6) is 12.3. The maximum Gasteiger partial charge on any atom is 0.289 e. The zero-order valence-electron chi connectivity index (χ0n) is 74.5. The first-order chi connectivity index (χ1) is 54.7. The molecule has 0 N–H and O–H groups in total. The Bertz CT molecular complexity index is 4910. The van der Waals surface area contributed by atoms with Crippen molar-refractivity contribution >= 4 is 21.8 Å². The smallest absolute Gasteiger partial charge is 0.289 e. The maximum absolute atomic E-state index is 4.57. The van der Waals surface area contributed by atoms with Crippen LogP contribution in [0.3, 0.4) is 0 Å². The number of imidazole rings is 1. The third-order valence-electron chi connectivity index (χ3n) is 21.0. The van der Waals surface area contributed by atoms with Gasteiger partial charge in [0.15, 0.2) is 12.1 Å². The Hall–Kier alpha value is -11.1. The second kappa shape index (κ2) is 39.4. The molecule has 17 heterocycles. The van der Waals surface area contributed by atoms with Crippen LogP contribution in [0.15, 0.2) is 141 Å². The quantitative estimate of drug-likeness (QED) is 0.132. The van der Waals surface area contributed by atoms with E-state index in [0.29, 0.717) is 24.2 Å². The van der Waals surface area contributed by atoms with Crippen LogP contribution in [-0.4, -0.2) is 83.0 Å². The van der Waals surface area contributed by atoms with Gasteiger partial charge in [-0.15, -0.1) is 14.0 Å². The molecule has 3 aromatic carbocycles. The molecule has 6 aliphatic rings. The van der Waals surface area contributed by atoms with Gasteiger partial charge in [0.05, 0.1) is 87.1 Å². The number of aryl methyl sites for hydroxylation is 7. The van der Waals surface area contributed by atoms with Crippen molar-refractivity contribution < 1.29 is 27.4 Å².